The molecule has 1 rings (SSSR count). The summed E-state index contributed by atoms with van der Waals surface area (Å²) in [6.07, 6.45) is 1.14. The minimum atomic E-state index is 0.394. The highest BCUT2D eigenvalue weighted by atomic mass is 15.0. The van der Waals surface area contributed by atoms with Crippen LogP contribution in [0.2, 0.25) is 0 Å². The molecule has 0 saturated heterocycles. The van der Waals surface area contributed by atoms with Crippen LogP contribution in [0.1, 0.15) is 13.3 Å². The molecule has 2 atom stereocenters. The quantitative estimate of drug-likeness (QED) is 0.466. The second-order valence-corrected chi connectivity index (χ2v) is 1.91. The summed E-state index contributed by atoms with van der Waals surface area (Å²) in [7, 11) is 0. The van der Waals surface area contributed by atoms with Gasteiger partial charge in [0.05, 0.1) is 6.04 Å². The second kappa shape index (κ2) is 1.03. The summed E-state index contributed by atoms with van der Waals surface area (Å²) in [4.78, 5) is 0. The lowest BCUT2D eigenvalue weighted by Gasteiger charge is -1.71. The highest BCUT2D eigenvalue weighted by molar-refractivity contribution is 4.87. The molecule has 0 aliphatic heterocycles. The molecule has 34 valence electrons. The highest BCUT2D eigenvalue weighted by Crippen LogP contribution is 2.32. The monoisotopic (exact) mass is 84.1 g/mol. The van der Waals surface area contributed by atoms with E-state index in [-0.39, 0.29) is 0 Å². The summed E-state index contributed by atoms with van der Waals surface area (Å²) in [5.41, 5.74) is 6.48. The van der Waals surface area contributed by atoms with Gasteiger partial charge < -0.3 is 0 Å². The summed E-state index contributed by atoms with van der Waals surface area (Å²) < 4.78 is 0. The predicted octanol–water partition coefficient (Wildman–Crippen LogP) is 1.43. The molecule has 1 N–H and O–H groups in total. The Labute approximate surface area is 37.1 Å². The topological polar surface area (TPSA) is 36.2 Å². The standard InChI is InChI=1S/C4H8N2/c1-3-2-4(3)6-5/h3-5H,2H2,1H3. The Morgan fingerprint density at radius 1 is 1.83 bits per heavy atom. The van der Waals surface area contributed by atoms with Crippen LogP contribution in [-0.4, -0.2) is 6.04 Å². The number of nitrogens with zero attached hydrogens (tertiary/aromatic N) is 1. The average Bonchev–Trinajstić information content (AvgIpc) is 2.19. The van der Waals surface area contributed by atoms with E-state index in [2.05, 4.69) is 12.0 Å². The largest absolute Gasteiger partial charge is 0.210 e. The first-order valence-corrected chi connectivity index (χ1v) is 2.21. The summed E-state index contributed by atoms with van der Waals surface area (Å²) in [6, 6.07) is 0.394. The number of hydrogen-bond acceptors (Lipinski definition) is 2. The Morgan fingerprint density at radius 2 is 2.33 bits per heavy atom. The average molecular weight is 84.1 g/mol. The molecule has 0 radical (unpaired) electrons. The molecule has 1 aliphatic carbocycles. The normalized spacial score (nSPS) is 42.2. The molecule has 1 aliphatic rings. The van der Waals surface area contributed by atoms with Gasteiger partial charge in [0.2, 0.25) is 0 Å². The van der Waals surface area contributed by atoms with E-state index in [1.54, 1.807) is 0 Å². The third kappa shape index (κ3) is 0.421. The van der Waals surface area contributed by atoms with Gasteiger partial charge >= 0.3 is 0 Å². The SMILES string of the molecule is CC1CC1N=N. The van der Waals surface area contributed by atoms with Crippen molar-refractivity contribution in [2.75, 3.05) is 0 Å². The molecule has 1 fully saturated rings. The minimum Gasteiger partial charge on any atom is -0.210 e. The Hall–Kier alpha value is -0.400. The van der Waals surface area contributed by atoms with E-state index in [0.717, 1.165) is 6.42 Å². The smallest absolute Gasteiger partial charge is 0.0735 e. The molecular weight excluding hydrogens is 76.1 g/mol. The van der Waals surface area contributed by atoms with Gasteiger partial charge in [-0.25, -0.2) is 5.53 Å². The maximum atomic E-state index is 6.48. The lowest BCUT2D eigenvalue weighted by molar-refractivity contribution is 0.820. The van der Waals surface area contributed by atoms with Crippen LogP contribution in [-0.2, 0) is 0 Å². The predicted molar refractivity (Wildman–Crippen MR) is 22.7 cm³/mol. The molecule has 0 aromatic carbocycles. The zero-order valence-electron chi connectivity index (χ0n) is 3.81. The van der Waals surface area contributed by atoms with Crippen molar-refractivity contribution in [3.05, 3.63) is 0 Å². The molecule has 6 heavy (non-hydrogen) atoms. The van der Waals surface area contributed by atoms with Crippen molar-refractivity contribution in [3.8, 4) is 0 Å². The molecule has 0 aromatic rings. The molecular formula is C4H8N2. The third-order valence-corrected chi connectivity index (χ3v) is 1.23. The van der Waals surface area contributed by atoms with Crippen molar-refractivity contribution in [1.29, 1.82) is 5.53 Å². The van der Waals surface area contributed by atoms with Gasteiger partial charge in [-0.1, -0.05) is 6.92 Å². The number of hydrogen-bond donors (Lipinski definition) is 1. The van der Waals surface area contributed by atoms with E-state index in [9.17, 15) is 0 Å². The summed E-state index contributed by atoms with van der Waals surface area (Å²) >= 11 is 0. The van der Waals surface area contributed by atoms with E-state index >= 15 is 0 Å². The van der Waals surface area contributed by atoms with Crippen molar-refractivity contribution in [3.63, 3.8) is 0 Å². The first-order valence-electron chi connectivity index (χ1n) is 2.21. The van der Waals surface area contributed by atoms with E-state index in [1.165, 1.54) is 0 Å². The van der Waals surface area contributed by atoms with Crippen LogP contribution in [0.3, 0.4) is 0 Å². The Bertz CT molecular complexity index is 69.9. The van der Waals surface area contributed by atoms with Gasteiger partial charge in [0.15, 0.2) is 0 Å². The van der Waals surface area contributed by atoms with E-state index in [0.29, 0.717) is 12.0 Å². The number of nitrogens with one attached hydrogen (secondary N) is 1. The molecule has 0 heterocycles. The van der Waals surface area contributed by atoms with E-state index in [1.807, 2.05) is 0 Å². The van der Waals surface area contributed by atoms with Gasteiger partial charge in [-0.05, 0) is 12.3 Å². The molecule has 2 heteroatoms. The maximum absolute atomic E-state index is 6.48. The fourth-order valence-corrected chi connectivity index (χ4v) is 0.482. The van der Waals surface area contributed by atoms with Gasteiger partial charge in [0, 0.05) is 0 Å². The van der Waals surface area contributed by atoms with Crippen LogP contribution in [0.5, 0.6) is 0 Å². The Balaban J connectivity index is 2.25. The van der Waals surface area contributed by atoms with Crippen molar-refractivity contribution in [2.45, 2.75) is 19.4 Å². The van der Waals surface area contributed by atoms with Crippen LogP contribution in [0.25, 0.3) is 0 Å². The first kappa shape index (κ1) is 3.78. The van der Waals surface area contributed by atoms with Gasteiger partial charge in [-0.15, -0.1) is 0 Å². The van der Waals surface area contributed by atoms with Crippen LogP contribution >= 0.6 is 0 Å². The molecule has 0 aromatic heterocycles. The summed E-state index contributed by atoms with van der Waals surface area (Å²) in [5.74, 6) is 0.711. The second-order valence-electron chi connectivity index (χ2n) is 1.91. The van der Waals surface area contributed by atoms with Crippen molar-refractivity contribution in [1.82, 2.24) is 0 Å². The molecule has 2 unspecified atom stereocenters. The molecule has 0 bridgehead atoms. The lowest BCUT2D eigenvalue weighted by Crippen LogP contribution is -1.70. The van der Waals surface area contributed by atoms with Crippen LogP contribution in [0, 0.1) is 11.4 Å². The third-order valence-electron chi connectivity index (χ3n) is 1.23. The summed E-state index contributed by atoms with van der Waals surface area (Å²) in [6.45, 7) is 2.11. The van der Waals surface area contributed by atoms with Crippen molar-refractivity contribution < 1.29 is 0 Å². The van der Waals surface area contributed by atoms with Gasteiger partial charge in [-0.2, -0.15) is 5.11 Å². The Morgan fingerprint density at radius 3 is 2.33 bits per heavy atom. The molecule has 1 saturated carbocycles. The van der Waals surface area contributed by atoms with Crippen molar-refractivity contribution in [2.24, 2.45) is 11.0 Å². The fraction of sp³-hybridized carbons (Fsp3) is 1.00. The van der Waals surface area contributed by atoms with Crippen LogP contribution < -0.4 is 0 Å². The fourth-order valence-electron chi connectivity index (χ4n) is 0.482. The van der Waals surface area contributed by atoms with E-state index < -0.39 is 0 Å². The van der Waals surface area contributed by atoms with Crippen LogP contribution in [0.4, 0.5) is 0 Å². The van der Waals surface area contributed by atoms with Gasteiger partial charge in [0.1, 0.15) is 0 Å². The lowest BCUT2D eigenvalue weighted by atomic mass is 10.5. The Kier molecular flexibility index (Phi) is 0.650. The summed E-state index contributed by atoms with van der Waals surface area (Å²) in [5, 5.41) is 3.33. The zero-order chi connectivity index (χ0) is 4.57. The molecule has 2 nitrogen and oxygen atoms in total. The van der Waals surface area contributed by atoms with Gasteiger partial charge in [-0.3, -0.25) is 0 Å². The van der Waals surface area contributed by atoms with E-state index in [4.69, 9.17) is 5.53 Å². The minimum absolute atomic E-state index is 0.394. The first-order chi connectivity index (χ1) is 2.84. The maximum Gasteiger partial charge on any atom is 0.0735 e. The highest BCUT2D eigenvalue weighted by Gasteiger charge is 2.31. The molecule has 0 amide bonds. The van der Waals surface area contributed by atoms with Gasteiger partial charge in [0.25, 0.3) is 0 Å². The van der Waals surface area contributed by atoms with Crippen molar-refractivity contribution >= 4 is 0 Å². The zero-order valence-corrected chi connectivity index (χ0v) is 3.81. The number of rotatable bonds is 1. The van der Waals surface area contributed by atoms with Crippen LogP contribution in [0.15, 0.2) is 5.11 Å². The molecule has 0 spiro atoms.